The number of methoxy groups -OCH3 is 1. The summed E-state index contributed by atoms with van der Waals surface area (Å²) < 4.78 is 4.61. The standard InChI is InChI=1S/C12H16N2O4/c1-4-13(8-12(15)18-3)11-7-10(14(16)17)6-5-9(11)2/h5-7H,4,8H2,1-3H3. The van der Waals surface area contributed by atoms with Crippen LogP contribution < -0.4 is 4.90 Å². The Hall–Kier alpha value is -2.11. The summed E-state index contributed by atoms with van der Waals surface area (Å²) in [5.74, 6) is -0.372. The van der Waals surface area contributed by atoms with E-state index in [-0.39, 0.29) is 18.2 Å². The fourth-order valence-corrected chi connectivity index (χ4v) is 1.64. The molecule has 0 amide bonds. The second kappa shape index (κ2) is 6.00. The van der Waals surface area contributed by atoms with Crippen LogP contribution in [0.1, 0.15) is 12.5 Å². The minimum absolute atomic E-state index is 0.0129. The van der Waals surface area contributed by atoms with Gasteiger partial charge in [0.2, 0.25) is 0 Å². The molecule has 0 N–H and O–H groups in total. The molecule has 0 bridgehead atoms. The van der Waals surface area contributed by atoms with E-state index in [1.165, 1.54) is 19.2 Å². The molecule has 6 heteroatoms. The van der Waals surface area contributed by atoms with Crippen LogP contribution in [0.25, 0.3) is 0 Å². The van der Waals surface area contributed by atoms with Crippen molar-refractivity contribution in [3.8, 4) is 0 Å². The van der Waals surface area contributed by atoms with E-state index in [1.807, 2.05) is 13.8 Å². The van der Waals surface area contributed by atoms with Gasteiger partial charge in [0.15, 0.2) is 0 Å². The lowest BCUT2D eigenvalue weighted by Crippen LogP contribution is -2.30. The molecular weight excluding hydrogens is 236 g/mol. The third-order valence-electron chi connectivity index (χ3n) is 2.67. The third-order valence-corrected chi connectivity index (χ3v) is 2.67. The molecule has 0 aliphatic carbocycles. The summed E-state index contributed by atoms with van der Waals surface area (Å²) in [5.41, 5.74) is 1.57. The van der Waals surface area contributed by atoms with Gasteiger partial charge in [-0.2, -0.15) is 0 Å². The van der Waals surface area contributed by atoms with Gasteiger partial charge in [0.1, 0.15) is 6.54 Å². The van der Waals surface area contributed by atoms with Crippen LogP contribution in [-0.4, -0.2) is 31.1 Å². The van der Waals surface area contributed by atoms with Gasteiger partial charge >= 0.3 is 5.97 Å². The second-order valence-electron chi connectivity index (χ2n) is 3.82. The SMILES string of the molecule is CCN(CC(=O)OC)c1cc([N+](=O)[O-])ccc1C. The Balaban J connectivity index is 3.07. The number of rotatable bonds is 5. The summed E-state index contributed by atoms with van der Waals surface area (Å²) in [6.45, 7) is 4.37. The number of carbonyl (C=O) groups excluding carboxylic acids is 1. The average Bonchev–Trinajstić information content (AvgIpc) is 2.36. The largest absolute Gasteiger partial charge is 0.468 e. The van der Waals surface area contributed by atoms with Gasteiger partial charge in [-0.1, -0.05) is 6.07 Å². The van der Waals surface area contributed by atoms with Crippen LogP contribution in [0.4, 0.5) is 11.4 Å². The van der Waals surface area contributed by atoms with E-state index < -0.39 is 4.92 Å². The number of hydrogen-bond donors (Lipinski definition) is 0. The molecular formula is C12H16N2O4. The van der Waals surface area contributed by atoms with Crippen molar-refractivity contribution in [2.45, 2.75) is 13.8 Å². The molecule has 0 aromatic heterocycles. The molecule has 0 aliphatic rings. The predicted octanol–water partition coefficient (Wildman–Crippen LogP) is 1.90. The zero-order valence-electron chi connectivity index (χ0n) is 10.7. The Kier molecular flexibility index (Phi) is 4.65. The highest BCUT2D eigenvalue weighted by molar-refractivity contribution is 5.76. The number of nitro groups is 1. The normalized spacial score (nSPS) is 9.94. The number of benzene rings is 1. The number of anilines is 1. The monoisotopic (exact) mass is 252 g/mol. The van der Waals surface area contributed by atoms with Crippen LogP contribution in [0.5, 0.6) is 0 Å². The number of hydrogen-bond acceptors (Lipinski definition) is 5. The molecule has 0 heterocycles. The van der Waals surface area contributed by atoms with Crippen LogP contribution in [0.15, 0.2) is 18.2 Å². The molecule has 1 aromatic carbocycles. The van der Waals surface area contributed by atoms with E-state index in [4.69, 9.17) is 0 Å². The zero-order valence-corrected chi connectivity index (χ0v) is 10.7. The number of aryl methyl sites for hydroxylation is 1. The van der Waals surface area contributed by atoms with E-state index in [2.05, 4.69) is 4.74 Å². The minimum Gasteiger partial charge on any atom is -0.468 e. The second-order valence-corrected chi connectivity index (χ2v) is 3.82. The zero-order chi connectivity index (χ0) is 13.7. The lowest BCUT2D eigenvalue weighted by molar-refractivity contribution is -0.384. The van der Waals surface area contributed by atoms with Crippen LogP contribution in [0, 0.1) is 17.0 Å². The molecule has 0 saturated heterocycles. The van der Waals surface area contributed by atoms with Crippen LogP contribution in [-0.2, 0) is 9.53 Å². The number of nitro benzene ring substituents is 1. The van der Waals surface area contributed by atoms with E-state index >= 15 is 0 Å². The summed E-state index contributed by atoms with van der Waals surface area (Å²) in [6, 6.07) is 4.60. The molecule has 0 unspecified atom stereocenters. The third kappa shape index (κ3) is 3.19. The lowest BCUT2D eigenvalue weighted by Gasteiger charge is -2.23. The highest BCUT2D eigenvalue weighted by atomic mass is 16.6. The van der Waals surface area contributed by atoms with Gasteiger partial charge in [-0.05, 0) is 19.4 Å². The highest BCUT2D eigenvalue weighted by Crippen LogP contribution is 2.25. The summed E-state index contributed by atoms with van der Waals surface area (Å²) in [6.07, 6.45) is 0. The molecule has 0 spiro atoms. The number of likely N-dealkylation sites (N-methyl/N-ethyl adjacent to an activating group) is 1. The summed E-state index contributed by atoms with van der Waals surface area (Å²) in [7, 11) is 1.32. The van der Waals surface area contributed by atoms with E-state index in [1.54, 1.807) is 11.0 Å². The minimum atomic E-state index is -0.449. The number of esters is 1. The van der Waals surface area contributed by atoms with Gasteiger partial charge < -0.3 is 9.64 Å². The number of non-ortho nitro benzene ring substituents is 1. The highest BCUT2D eigenvalue weighted by Gasteiger charge is 2.15. The molecule has 18 heavy (non-hydrogen) atoms. The molecule has 0 atom stereocenters. The summed E-state index contributed by atoms with van der Waals surface area (Å²) in [4.78, 5) is 23.3. The van der Waals surface area contributed by atoms with Gasteiger partial charge in [0, 0.05) is 24.4 Å². The molecule has 0 aliphatic heterocycles. The first kappa shape index (κ1) is 14.0. The number of carbonyl (C=O) groups is 1. The van der Waals surface area contributed by atoms with E-state index in [0.717, 1.165) is 5.56 Å². The van der Waals surface area contributed by atoms with E-state index in [9.17, 15) is 14.9 Å². The first-order valence-electron chi connectivity index (χ1n) is 5.56. The molecule has 6 nitrogen and oxygen atoms in total. The van der Waals surface area contributed by atoms with Crippen molar-refractivity contribution < 1.29 is 14.5 Å². The fourth-order valence-electron chi connectivity index (χ4n) is 1.64. The Morgan fingerprint density at radius 1 is 1.50 bits per heavy atom. The van der Waals surface area contributed by atoms with Crippen molar-refractivity contribution >= 4 is 17.3 Å². The maximum atomic E-state index is 11.3. The molecule has 0 radical (unpaired) electrons. The van der Waals surface area contributed by atoms with Crippen molar-refractivity contribution in [1.82, 2.24) is 0 Å². The average molecular weight is 252 g/mol. The molecule has 98 valence electrons. The van der Waals surface area contributed by atoms with Crippen LogP contribution in [0.3, 0.4) is 0 Å². The van der Waals surface area contributed by atoms with Crippen molar-refractivity contribution in [3.05, 3.63) is 33.9 Å². The molecule has 1 aromatic rings. The Labute approximate surface area is 105 Å². The summed E-state index contributed by atoms with van der Waals surface area (Å²) in [5, 5.41) is 10.7. The van der Waals surface area contributed by atoms with Crippen molar-refractivity contribution in [2.75, 3.05) is 25.1 Å². The smallest absolute Gasteiger partial charge is 0.325 e. The first-order valence-corrected chi connectivity index (χ1v) is 5.56. The predicted molar refractivity (Wildman–Crippen MR) is 67.7 cm³/mol. The Bertz CT molecular complexity index is 459. The topological polar surface area (TPSA) is 72.7 Å². The lowest BCUT2D eigenvalue weighted by atomic mass is 10.1. The number of ether oxygens (including phenoxy) is 1. The number of nitrogens with zero attached hydrogens (tertiary/aromatic N) is 2. The van der Waals surface area contributed by atoms with Crippen molar-refractivity contribution in [3.63, 3.8) is 0 Å². The quantitative estimate of drug-likeness (QED) is 0.454. The molecule has 1 rings (SSSR count). The van der Waals surface area contributed by atoms with Crippen LogP contribution in [0.2, 0.25) is 0 Å². The molecule has 0 saturated carbocycles. The maximum absolute atomic E-state index is 11.3. The Morgan fingerprint density at radius 2 is 2.17 bits per heavy atom. The fraction of sp³-hybridized carbons (Fsp3) is 0.417. The van der Waals surface area contributed by atoms with Gasteiger partial charge in [-0.25, -0.2) is 0 Å². The molecule has 0 fully saturated rings. The van der Waals surface area contributed by atoms with Gasteiger partial charge in [-0.15, -0.1) is 0 Å². The van der Waals surface area contributed by atoms with E-state index in [0.29, 0.717) is 12.2 Å². The summed E-state index contributed by atoms with van der Waals surface area (Å²) >= 11 is 0. The maximum Gasteiger partial charge on any atom is 0.325 e. The van der Waals surface area contributed by atoms with Gasteiger partial charge in [-0.3, -0.25) is 14.9 Å². The van der Waals surface area contributed by atoms with Crippen molar-refractivity contribution in [1.29, 1.82) is 0 Å². The first-order chi connectivity index (χ1) is 8.49. The van der Waals surface area contributed by atoms with Gasteiger partial charge in [0.05, 0.1) is 12.0 Å². The van der Waals surface area contributed by atoms with Crippen LogP contribution >= 0.6 is 0 Å². The Morgan fingerprint density at radius 3 is 2.67 bits per heavy atom. The van der Waals surface area contributed by atoms with Gasteiger partial charge in [0.25, 0.3) is 5.69 Å². The van der Waals surface area contributed by atoms with Crippen molar-refractivity contribution in [2.24, 2.45) is 0 Å².